The van der Waals surface area contributed by atoms with E-state index < -0.39 is 0 Å². The molecule has 0 spiro atoms. The molecule has 0 aromatic rings. The Labute approximate surface area is 26.6 Å². The second-order valence-electron chi connectivity index (χ2n) is 0.539. The van der Waals surface area contributed by atoms with E-state index in [4.69, 9.17) is 0 Å². The van der Waals surface area contributed by atoms with Gasteiger partial charge in [-0.25, -0.2) is 0 Å². The fraction of sp³-hybridized carbons (Fsp3) is 0.333. The van der Waals surface area contributed by atoms with Crippen LogP contribution >= 0.6 is 0 Å². The summed E-state index contributed by atoms with van der Waals surface area (Å²) in [6, 6.07) is 0. The molecule has 0 unspecified atom stereocenters. The van der Waals surface area contributed by atoms with Crippen molar-refractivity contribution in [2.45, 2.75) is 6.92 Å². The zero-order valence-corrected chi connectivity index (χ0v) is 5.56. The van der Waals surface area contributed by atoms with E-state index >= 15 is 0 Å². The molecule has 0 rings (SSSR count). The first-order valence-electron chi connectivity index (χ1n) is 1.09. The molecule has 0 aliphatic carbocycles. The molecule has 0 fully saturated rings. The van der Waals surface area contributed by atoms with Gasteiger partial charge in [-0.3, -0.25) is 0 Å². The van der Waals surface area contributed by atoms with Gasteiger partial charge < -0.3 is 0 Å². The van der Waals surface area contributed by atoms with Gasteiger partial charge in [-0.2, -0.15) is 0 Å². The molecule has 0 aliphatic heterocycles. The second kappa shape index (κ2) is 0.934. The average Bonchev–Trinajstić information content (AvgIpc) is 1.38. The van der Waals surface area contributed by atoms with Crippen LogP contribution in [-0.4, -0.2) is 13.7 Å². The number of rotatable bonds is 1. The van der Waals surface area contributed by atoms with Gasteiger partial charge in [0.2, 0.25) is 0 Å². The van der Waals surface area contributed by atoms with Crippen LogP contribution in [0.15, 0.2) is 0 Å². The molecule has 0 aliphatic rings. The quantitative estimate of drug-likeness (QED) is 0.669. The molecule has 0 aromatic carbocycles. The summed E-state index contributed by atoms with van der Waals surface area (Å²) in [6.07, 6.45) is 0.291. The monoisotopic (exact) mass is 306 g/mol. The Bertz CT molecular complexity index is 57.9. The molecular weight excluding hydrogens is 303 g/mol. The third-order valence-electron chi connectivity index (χ3n) is 0.157. The van der Waals surface area contributed by atoms with Crippen molar-refractivity contribution in [1.82, 2.24) is 0 Å². The van der Waals surface area contributed by atoms with Crippen molar-refractivity contribution in [1.29, 1.82) is 0 Å². The van der Waals surface area contributed by atoms with Crippen molar-refractivity contribution >= 4 is 13.7 Å². The molecule has 0 radical (unpaired) electrons. The van der Waals surface area contributed by atoms with Gasteiger partial charge in [0.25, 0.3) is 0 Å². The topological polar surface area (TPSA) is 17.1 Å². The molecule has 0 aromatic heterocycles. The van der Waals surface area contributed by atoms with Crippen LogP contribution in [0.25, 0.3) is 0 Å². The first-order valence-corrected chi connectivity index (χ1v) is 4.26. The number of carbonyl (C=O) groups is 1. The summed E-state index contributed by atoms with van der Waals surface area (Å²) in [7, 11) is 3.48. The van der Waals surface area contributed by atoms with E-state index in [9.17, 15) is 4.79 Å². The van der Waals surface area contributed by atoms with E-state index in [1.165, 1.54) is 0 Å². The molecule has 2 heteroatoms. The minimum absolute atomic E-state index is 0.291. The van der Waals surface area contributed by atoms with Crippen LogP contribution in [0.1, 0.15) is 6.92 Å². The predicted octanol–water partition coefficient (Wildman–Crippen LogP) is 0.0499. The van der Waals surface area contributed by atoms with Gasteiger partial charge in [0, 0.05) is 0 Å². The molecule has 0 heterocycles. The molecular formula is C3H5CfO. The summed E-state index contributed by atoms with van der Waals surface area (Å²) >= 11 is 0. The Hall–Kier alpha value is -1.46. The fourth-order valence-corrected chi connectivity index (χ4v) is 0. The van der Waals surface area contributed by atoms with Gasteiger partial charge in [0.1, 0.15) is 0 Å². The summed E-state index contributed by atoms with van der Waals surface area (Å²) in [5.74, 6) is 0. The van der Waals surface area contributed by atoms with Crippen molar-refractivity contribution in [2.75, 3.05) is 0 Å². The molecule has 0 amide bonds. The average molecular weight is 308 g/mol. The van der Waals surface area contributed by atoms with E-state index in [1.807, 2.05) is 0 Å². The van der Waals surface area contributed by atoms with E-state index in [1.54, 1.807) is 6.92 Å². The molecule has 5 heavy (non-hydrogen) atoms. The normalized spacial score (nSPS) is 5.80. The van der Waals surface area contributed by atoms with Gasteiger partial charge in [-0.15, -0.1) is 0 Å². The zero-order valence-electron chi connectivity index (χ0n) is 2.93. The van der Waals surface area contributed by atoms with E-state index in [0.717, 1.165) is 0 Å². The molecule has 0 atom stereocenters. The standard InChI is InChI=1S/C2H3O.CH2.Cf/c1-2-3;;/h1H3;1H2;. The van der Waals surface area contributed by atoms with Crippen molar-refractivity contribution in [3.05, 3.63) is 0 Å². The van der Waals surface area contributed by atoms with E-state index in [-0.39, 0.29) is 0 Å². The first-order chi connectivity index (χ1) is 2.27. The van der Waals surface area contributed by atoms with Crippen LogP contribution in [0.3, 0.4) is 0 Å². The van der Waals surface area contributed by atoms with E-state index in [0.29, 0.717) is 6.29 Å². The predicted molar refractivity (Wildman–Crippen MR) is 17.8 cm³/mol. The third kappa shape index (κ3) is 2.54. The number of hydrogen-bond donors (Lipinski definition) is 0. The summed E-state index contributed by atoms with van der Waals surface area (Å²) in [5.41, 5.74) is 0. The zero-order chi connectivity index (χ0) is 4.28. The van der Waals surface area contributed by atoms with Gasteiger partial charge in [0.05, 0.1) is 0 Å². The number of carbonyl (C=O) groups excluding carboxylic acids is 1. The first kappa shape index (κ1) is 3.54. The SMILES string of the molecule is [CH2]=[Cf][C](C)=O. The third-order valence-corrected chi connectivity index (χ3v) is 1.47. The Morgan fingerprint density at radius 1 is 2.00 bits per heavy atom. The Balaban J connectivity index is 3.20. The molecule has 33 valence electrons. The van der Waals surface area contributed by atoms with Gasteiger partial charge >= 0.3 is 25.4 Å². The summed E-state index contributed by atoms with van der Waals surface area (Å²) in [6.45, 7) is 1.59. The Kier molecular flexibility index (Phi) is 0.661. The maximum absolute atomic E-state index is 9.82. The van der Waals surface area contributed by atoms with Crippen molar-refractivity contribution in [3.63, 3.8) is 0 Å². The maximum atomic E-state index is 9.82. The van der Waals surface area contributed by atoms with E-state index in [2.05, 4.69) is 7.43 Å². The van der Waals surface area contributed by atoms with Crippen LogP contribution in [-0.2, 0) is 4.79 Å². The van der Waals surface area contributed by atoms with Crippen LogP contribution in [0.2, 0.25) is 0 Å². The molecule has 0 bridgehead atoms. The van der Waals surface area contributed by atoms with Gasteiger partial charge in [0.15, 0.2) is 0 Å². The number of hydrogen-bond acceptors (Lipinski definition) is 1. The van der Waals surface area contributed by atoms with Crippen molar-refractivity contribution in [3.8, 4) is 0 Å². The Morgan fingerprint density at radius 2 is 2.20 bits per heavy atom. The second-order valence-corrected chi connectivity index (χ2v) is 3.32. The van der Waals surface area contributed by atoms with Crippen LogP contribution in [0.4, 0.5) is 0 Å². The van der Waals surface area contributed by atoms with Crippen molar-refractivity contribution in [2.24, 2.45) is 0 Å². The van der Waals surface area contributed by atoms with Crippen LogP contribution in [0.5, 0.6) is 0 Å². The molecule has 0 N–H and O–H groups in total. The molecule has 1 nitrogen and oxygen atoms in total. The molecule has 0 saturated carbocycles. The van der Waals surface area contributed by atoms with Crippen LogP contribution < -0.4 is 0 Å². The summed E-state index contributed by atoms with van der Waals surface area (Å²) in [4.78, 5) is 9.82. The van der Waals surface area contributed by atoms with Crippen molar-refractivity contribution < 1.29 is 4.79 Å². The molecule has 0 saturated heterocycles. The fourth-order valence-electron chi connectivity index (χ4n) is 0. The summed E-state index contributed by atoms with van der Waals surface area (Å²) < 4.78 is -0.603. The van der Waals surface area contributed by atoms with Gasteiger partial charge in [-0.05, 0) is 0 Å². The Morgan fingerprint density at radius 3 is 2.20 bits per heavy atom. The minimum atomic E-state index is -0.603. The summed E-state index contributed by atoms with van der Waals surface area (Å²) in [5, 5.41) is 0. The van der Waals surface area contributed by atoms with Crippen LogP contribution in [0, 0.1) is 0 Å². The van der Waals surface area contributed by atoms with Gasteiger partial charge in [-0.1, -0.05) is 0 Å².